The number of hydrogen-bond donors (Lipinski definition) is 0. The maximum absolute atomic E-state index is 2.48. The second kappa shape index (κ2) is 11.0. The number of nitrogens with zero attached hydrogens (tertiary/aromatic N) is 1. The zero-order chi connectivity index (χ0) is 30.5. The fourth-order valence-electron chi connectivity index (χ4n) is 6.99. The van der Waals surface area contributed by atoms with Crippen LogP contribution in [0.5, 0.6) is 0 Å². The topological polar surface area (TPSA) is 3.24 Å². The number of benzene rings is 8. The molecule has 9 aromatic rings. The molecule has 0 atom stereocenters. The third-order valence-corrected chi connectivity index (χ3v) is 10.2. The molecular formula is C44H29NS. The lowest BCUT2D eigenvalue weighted by Crippen LogP contribution is -2.11. The number of hydrogen-bond acceptors (Lipinski definition) is 2. The Kier molecular flexibility index (Phi) is 6.40. The zero-order valence-corrected chi connectivity index (χ0v) is 25.9. The molecule has 0 aliphatic carbocycles. The molecule has 0 radical (unpaired) electrons. The van der Waals surface area contributed by atoms with Crippen molar-refractivity contribution >= 4 is 70.1 Å². The van der Waals surface area contributed by atoms with Gasteiger partial charge in [0.1, 0.15) is 0 Å². The van der Waals surface area contributed by atoms with E-state index < -0.39 is 0 Å². The minimum Gasteiger partial charge on any atom is -0.309 e. The third kappa shape index (κ3) is 4.38. The minimum absolute atomic E-state index is 1.14. The number of rotatable bonds is 5. The second-order valence-electron chi connectivity index (χ2n) is 11.7. The van der Waals surface area contributed by atoms with Crippen LogP contribution in [0.25, 0.3) is 64.0 Å². The summed E-state index contributed by atoms with van der Waals surface area (Å²) in [6.07, 6.45) is 0. The number of para-hydroxylation sites is 1. The Bertz CT molecular complexity index is 2540. The molecule has 9 rings (SSSR count). The first-order chi connectivity index (χ1) is 22.8. The summed E-state index contributed by atoms with van der Waals surface area (Å²) in [4.78, 5) is 2.48. The van der Waals surface area contributed by atoms with E-state index in [2.05, 4.69) is 181 Å². The molecule has 0 saturated heterocycles. The fraction of sp³-hybridized carbons (Fsp3) is 0. The standard InChI is InChI=1S/C44H29NS/c1-2-14-31(15-3-1)35-21-10-17-32-18-11-22-37(43(32)35)36-19-6-8-23-39(36)45(34-28-27-30-13-4-5-16-33(30)29-34)40-24-12-26-42-44(40)38-20-7-9-25-41(38)46-42/h1-29H. The lowest BCUT2D eigenvalue weighted by Gasteiger charge is -2.29. The van der Waals surface area contributed by atoms with E-state index in [0.717, 1.165) is 11.4 Å². The monoisotopic (exact) mass is 603 g/mol. The van der Waals surface area contributed by atoms with E-state index in [1.165, 1.54) is 69.7 Å². The summed E-state index contributed by atoms with van der Waals surface area (Å²) in [6, 6.07) is 64.0. The Balaban J connectivity index is 1.37. The van der Waals surface area contributed by atoms with Gasteiger partial charge in [0.25, 0.3) is 0 Å². The first-order valence-electron chi connectivity index (χ1n) is 15.7. The lowest BCUT2D eigenvalue weighted by atomic mass is 9.90. The Morgan fingerprint density at radius 1 is 0.370 bits per heavy atom. The Labute approximate surface area is 272 Å². The minimum atomic E-state index is 1.14. The maximum Gasteiger partial charge on any atom is 0.0555 e. The average Bonchev–Trinajstić information content (AvgIpc) is 3.51. The molecule has 0 aliphatic heterocycles. The molecule has 0 aliphatic rings. The maximum atomic E-state index is 2.48. The van der Waals surface area contributed by atoms with Crippen LogP contribution in [0, 0.1) is 0 Å². The van der Waals surface area contributed by atoms with E-state index in [4.69, 9.17) is 0 Å². The third-order valence-electron chi connectivity index (χ3n) is 9.04. The first kappa shape index (κ1) is 26.7. The first-order valence-corrected chi connectivity index (χ1v) is 16.5. The van der Waals surface area contributed by atoms with Crippen molar-refractivity contribution in [3.05, 3.63) is 176 Å². The van der Waals surface area contributed by atoms with Crippen LogP contribution in [0.15, 0.2) is 176 Å². The molecule has 0 fully saturated rings. The molecule has 216 valence electrons. The Hall–Kier alpha value is -5.70. The van der Waals surface area contributed by atoms with Crippen LogP contribution >= 0.6 is 11.3 Å². The van der Waals surface area contributed by atoms with Crippen molar-refractivity contribution in [2.24, 2.45) is 0 Å². The van der Waals surface area contributed by atoms with Gasteiger partial charge >= 0.3 is 0 Å². The van der Waals surface area contributed by atoms with Gasteiger partial charge in [0.05, 0.1) is 11.4 Å². The van der Waals surface area contributed by atoms with E-state index >= 15 is 0 Å². The van der Waals surface area contributed by atoms with Gasteiger partial charge in [-0.25, -0.2) is 0 Å². The van der Waals surface area contributed by atoms with Gasteiger partial charge in [-0.1, -0.05) is 140 Å². The van der Waals surface area contributed by atoms with Crippen molar-refractivity contribution < 1.29 is 0 Å². The fourth-order valence-corrected chi connectivity index (χ4v) is 8.11. The van der Waals surface area contributed by atoms with Crippen LogP contribution in [0.2, 0.25) is 0 Å². The van der Waals surface area contributed by atoms with Crippen LogP contribution in [0.1, 0.15) is 0 Å². The molecule has 8 aromatic carbocycles. The number of anilines is 3. The van der Waals surface area contributed by atoms with E-state index in [0.29, 0.717) is 0 Å². The summed E-state index contributed by atoms with van der Waals surface area (Å²) >= 11 is 1.86. The highest BCUT2D eigenvalue weighted by Gasteiger charge is 2.22. The van der Waals surface area contributed by atoms with Crippen molar-refractivity contribution in [3.63, 3.8) is 0 Å². The van der Waals surface area contributed by atoms with Crippen LogP contribution in [-0.2, 0) is 0 Å². The molecule has 0 N–H and O–H groups in total. The average molecular weight is 604 g/mol. The van der Waals surface area contributed by atoms with E-state index in [1.54, 1.807) is 0 Å². The van der Waals surface area contributed by atoms with E-state index in [9.17, 15) is 0 Å². The van der Waals surface area contributed by atoms with Crippen LogP contribution in [0.4, 0.5) is 17.1 Å². The number of thiophene rings is 1. The summed E-state index contributed by atoms with van der Waals surface area (Å²) in [7, 11) is 0. The predicted molar refractivity (Wildman–Crippen MR) is 200 cm³/mol. The molecular weight excluding hydrogens is 575 g/mol. The second-order valence-corrected chi connectivity index (χ2v) is 12.8. The van der Waals surface area contributed by atoms with Crippen molar-refractivity contribution in [2.45, 2.75) is 0 Å². The summed E-state index contributed by atoms with van der Waals surface area (Å²) in [5.41, 5.74) is 8.35. The largest absolute Gasteiger partial charge is 0.309 e. The molecule has 1 heterocycles. The van der Waals surface area contributed by atoms with Crippen molar-refractivity contribution in [1.82, 2.24) is 0 Å². The van der Waals surface area contributed by atoms with E-state index in [-0.39, 0.29) is 0 Å². The molecule has 1 aromatic heterocycles. The van der Waals surface area contributed by atoms with E-state index in [1.807, 2.05) is 11.3 Å². The molecule has 2 heteroatoms. The summed E-state index contributed by atoms with van der Waals surface area (Å²) in [5.74, 6) is 0. The Morgan fingerprint density at radius 2 is 1.00 bits per heavy atom. The Morgan fingerprint density at radius 3 is 1.89 bits per heavy atom. The molecule has 46 heavy (non-hydrogen) atoms. The summed E-state index contributed by atoms with van der Waals surface area (Å²) < 4.78 is 2.59. The van der Waals surface area contributed by atoms with Gasteiger partial charge in [0.2, 0.25) is 0 Å². The normalized spacial score (nSPS) is 11.5. The van der Waals surface area contributed by atoms with Gasteiger partial charge in [-0.3, -0.25) is 0 Å². The van der Waals surface area contributed by atoms with Gasteiger partial charge in [0.15, 0.2) is 0 Å². The van der Waals surface area contributed by atoms with Gasteiger partial charge in [-0.15, -0.1) is 11.3 Å². The molecule has 0 amide bonds. The lowest BCUT2D eigenvalue weighted by molar-refractivity contribution is 1.31. The van der Waals surface area contributed by atoms with Crippen LogP contribution < -0.4 is 4.90 Å². The summed E-state index contributed by atoms with van der Waals surface area (Å²) in [5, 5.41) is 7.53. The van der Waals surface area contributed by atoms with Gasteiger partial charge in [0, 0.05) is 31.4 Å². The zero-order valence-electron chi connectivity index (χ0n) is 25.1. The van der Waals surface area contributed by atoms with Crippen LogP contribution in [0.3, 0.4) is 0 Å². The molecule has 0 bridgehead atoms. The van der Waals surface area contributed by atoms with Crippen molar-refractivity contribution in [1.29, 1.82) is 0 Å². The highest BCUT2D eigenvalue weighted by molar-refractivity contribution is 7.26. The van der Waals surface area contributed by atoms with Crippen molar-refractivity contribution in [3.8, 4) is 22.3 Å². The molecule has 1 nitrogen and oxygen atoms in total. The molecule has 0 spiro atoms. The molecule has 0 unspecified atom stereocenters. The summed E-state index contributed by atoms with van der Waals surface area (Å²) in [6.45, 7) is 0. The van der Waals surface area contributed by atoms with Crippen LogP contribution in [-0.4, -0.2) is 0 Å². The highest BCUT2D eigenvalue weighted by Crippen LogP contribution is 2.48. The number of fused-ring (bicyclic) bond motifs is 5. The van der Waals surface area contributed by atoms with Gasteiger partial charge in [-0.05, 0) is 74.6 Å². The molecule has 0 saturated carbocycles. The van der Waals surface area contributed by atoms with Crippen molar-refractivity contribution in [2.75, 3.05) is 4.90 Å². The van der Waals surface area contributed by atoms with Gasteiger partial charge in [-0.2, -0.15) is 0 Å². The smallest absolute Gasteiger partial charge is 0.0555 e. The highest BCUT2D eigenvalue weighted by atomic mass is 32.1. The predicted octanol–water partition coefficient (Wildman–Crippen LogP) is 13.2. The quantitative estimate of drug-likeness (QED) is 0.189. The SMILES string of the molecule is c1ccc(-c2cccc3cccc(-c4ccccc4N(c4ccc5ccccc5c4)c4cccc5sc6ccccc6c45)c23)cc1. The van der Waals surface area contributed by atoms with Gasteiger partial charge < -0.3 is 4.90 Å².